The second-order valence-electron chi connectivity index (χ2n) is 15.9. The van der Waals surface area contributed by atoms with Crippen molar-refractivity contribution in [1.29, 1.82) is 0 Å². The monoisotopic (exact) mass is 790 g/mol. The van der Waals surface area contributed by atoms with Crippen LogP contribution in [0, 0.1) is 18.3 Å². The number of aryl methyl sites for hydroxylation is 1. The van der Waals surface area contributed by atoms with E-state index in [0.29, 0.717) is 33.8 Å². The number of thiazole rings is 2. The zero-order valence-corrected chi connectivity index (χ0v) is 33.7. The molecule has 0 spiro atoms. The van der Waals surface area contributed by atoms with E-state index in [0.717, 1.165) is 15.7 Å². The lowest BCUT2D eigenvalue weighted by atomic mass is 9.85. The van der Waals surface area contributed by atoms with Gasteiger partial charge < -0.3 is 34.9 Å². The summed E-state index contributed by atoms with van der Waals surface area (Å²) in [5.41, 5.74) is -0.647. The minimum Gasteiger partial charge on any atom is -0.497 e. The maximum Gasteiger partial charge on any atom is 0.408 e. The Kier molecular flexibility index (Phi) is 10.7. The van der Waals surface area contributed by atoms with Crippen LogP contribution in [0.5, 0.6) is 11.5 Å². The van der Waals surface area contributed by atoms with Gasteiger partial charge in [0, 0.05) is 40.6 Å². The Hall–Kier alpha value is -5.09. The molecule has 6 rings (SSSR count). The number of pyridine rings is 1. The average molecular weight is 791 g/mol. The Bertz CT molecular complexity index is 2150. The number of nitrogens with zero attached hydrogens (tertiary/aromatic N) is 4. The maximum absolute atomic E-state index is 14.5. The van der Waals surface area contributed by atoms with Crippen LogP contribution in [-0.4, -0.2) is 91.8 Å². The largest absolute Gasteiger partial charge is 0.497 e. The molecule has 2 fully saturated rings. The highest BCUT2D eigenvalue weighted by Gasteiger charge is 2.61. The Morgan fingerprint density at radius 1 is 1.04 bits per heavy atom. The summed E-state index contributed by atoms with van der Waals surface area (Å²) in [6.45, 7) is 16.2. The van der Waals surface area contributed by atoms with Crippen LogP contribution in [0.1, 0.15) is 59.4 Å². The molecule has 14 nitrogen and oxygen atoms in total. The van der Waals surface area contributed by atoms with Gasteiger partial charge in [-0.15, -0.1) is 29.3 Å². The minimum atomic E-state index is -1.52. The molecule has 2 aliphatic rings. The molecule has 5 atom stereocenters. The number of methoxy groups -OCH3 is 1. The minimum absolute atomic E-state index is 0.0364. The van der Waals surface area contributed by atoms with Crippen molar-refractivity contribution in [3.05, 3.63) is 52.7 Å². The number of aromatic nitrogens is 3. The number of likely N-dealkylation sites (tertiary alicyclic amines) is 1. The van der Waals surface area contributed by atoms with Crippen LogP contribution in [0.3, 0.4) is 0 Å². The van der Waals surface area contributed by atoms with Gasteiger partial charge in [0.1, 0.15) is 57.2 Å². The van der Waals surface area contributed by atoms with E-state index in [1.807, 2.05) is 23.8 Å². The first kappa shape index (κ1) is 39.6. The molecule has 55 heavy (non-hydrogen) atoms. The lowest BCUT2D eigenvalue weighted by Crippen LogP contribution is -2.59. The predicted octanol–water partition coefficient (Wildman–Crippen LogP) is 6.23. The number of carboxylic acid groups (broad SMARTS) is 1. The summed E-state index contributed by atoms with van der Waals surface area (Å²) in [5.74, 6) is -1.81. The van der Waals surface area contributed by atoms with Gasteiger partial charge in [-0.2, -0.15) is 0 Å². The molecule has 4 heterocycles. The molecule has 3 amide bonds. The van der Waals surface area contributed by atoms with E-state index in [-0.39, 0.29) is 19.4 Å². The summed E-state index contributed by atoms with van der Waals surface area (Å²) in [7, 11) is 1.57. The Morgan fingerprint density at radius 2 is 1.76 bits per heavy atom. The third-order valence-corrected chi connectivity index (χ3v) is 11.2. The fourth-order valence-electron chi connectivity index (χ4n) is 6.62. The van der Waals surface area contributed by atoms with E-state index >= 15 is 0 Å². The van der Waals surface area contributed by atoms with Gasteiger partial charge in [0.15, 0.2) is 0 Å². The first-order valence-corrected chi connectivity index (χ1v) is 19.6. The molecule has 3 aromatic heterocycles. The molecular weight excluding hydrogens is 745 g/mol. The number of benzene rings is 1. The number of carbonyl (C=O) groups is 4. The fourth-order valence-corrected chi connectivity index (χ4v) is 8.06. The Morgan fingerprint density at radius 3 is 2.36 bits per heavy atom. The summed E-state index contributed by atoms with van der Waals surface area (Å²) in [4.78, 5) is 69.6. The smallest absolute Gasteiger partial charge is 0.408 e. The standard InChI is InChI=1S/C39H46N6O8S2/c1-10-21-16-39(21,35(48)49)44-32(46)29-14-23(17-45(29)34(47)31(37(3,4)5)43-36(50)53-38(6,7)8)52-30-15-26(41-25-13-22(51-9)11-12-24(25)30)27-18-55-33(42-27)28-19-54-20(2)40-28/h10-13,15,18-19,21,23,29,31H,1,14,16-17H2,2-9H3,(H,43,50)(H,44,46)(H,48,49)/t21-,23+,29-,31+,39?/m0/s1. The van der Waals surface area contributed by atoms with Gasteiger partial charge in [0.25, 0.3) is 0 Å². The third kappa shape index (κ3) is 8.44. The SMILES string of the molecule is C=C[C@H]1CC1(NC(=O)[C@@H]1C[C@@H](Oc2cc(-c3csc(-c4csc(C)n4)n3)nc3cc(OC)ccc23)CN1C(=O)[C@@H](NC(=O)OC(C)(C)C)C(C)(C)C)C(=O)O. The second kappa shape index (κ2) is 14.9. The Labute approximate surface area is 327 Å². The molecule has 1 aromatic carbocycles. The quantitative estimate of drug-likeness (QED) is 0.147. The molecule has 1 unspecified atom stereocenters. The number of carboxylic acids is 1. The zero-order valence-electron chi connectivity index (χ0n) is 32.1. The molecule has 0 radical (unpaired) electrons. The fraction of sp³-hybridized carbons (Fsp3) is 0.462. The number of amides is 3. The van der Waals surface area contributed by atoms with Gasteiger partial charge >= 0.3 is 12.1 Å². The van der Waals surface area contributed by atoms with Gasteiger partial charge in [-0.25, -0.2) is 24.5 Å². The average Bonchev–Trinajstić information content (AvgIpc) is 3.48. The summed E-state index contributed by atoms with van der Waals surface area (Å²) in [5, 5.41) is 21.7. The molecule has 0 bridgehead atoms. The molecule has 4 aromatic rings. The van der Waals surface area contributed by atoms with Crippen molar-refractivity contribution in [2.24, 2.45) is 11.3 Å². The topological polar surface area (TPSA) is 182 Å². The number of hydrogen-bond acceptors (Lipinski definition) is 12. The van der Waals surface area contributed by atoms with Crippen molar-refractivity contribution in [3.63, 3.8) is 0 Å². The first-order chi connectivity index (χ1) is 25.8. The summed E-state index contributed by atoms with van der Waals surface area (Å²) < 4.78 is 17.7. The number of fused-ring (bicyclic) bond motifs is 1. The maximum atomic E-state index is 14.5. The Balaban J connectivity index is 1.35. The highest BCUT2D eigenvalue weighted by atomic mass is 32.1. The summed E-state index contributed by atoms with van der Waals surface area (Å²) >= 11 is 2.99. The highest BCUT2D eigenvalue weighted by molar-refractivity contribution is 7.14. The van der Waals surface area contributed by atoms with Gasteiger partial charge in [-0.3, -0.25) is 9.59 Å². The van der Waals surface area contributed by atoms with Gasteiger partial charge in [-0.05, 0) is 51.7 Å². The molecule has 292 valence electrons. The van der Waals surface area contributed by atoms with Crippen LogP contribution in [-0.2, 0) is 19.1 Å². The van der Waals surface area contributed by atoms with Crippen molar-refractivity contribution >= 4 is 57.5 Å². The number of hydrogen-bond donors (Lipinski definition) is 3. The number of nitrogens with one attached hydrogen (secondary N) is 2. The lowest BCUT2D eigenvalue weighted by molar-refractivity contribution is -0.146. The van der Waals surface area contributed by atoms with Gasteiger partial charge in [-0.1, -0.05) is 26.8 Å². The van der Waals surface area contributed by atoms with E-state index in [1.165, 1.54) is 22.3 Å². The molecule has 1 aliphatic carbocycles. The van der Waals surface area contributed by atoms with Crippen LogP contribution in [0.15, 0.2) is 47.7 Å². The summed E-state index contributed by atoms with van der Waals surface area (Å²) in [6.07, 6.45) is 0.212. The van der Waals surface area contributed by atoms with Crippen molar-refractivity contribution in [3.8, 4) is 33.6 Å². The van der Waals surface area contributed by atoms with Gasteiger partial charge in [0.2, 0.25) is 11.8 Å². The molecule has 1 aliphatic heterocycles. The number of aliphatic carboxylic acids is 1. The van der Waals surface area contributed by atoms with E-state index < -0.39 is 64.5 Å². The molecule has 16 heteroatoms. The van der Waals surface area contributed by atoms with Crippen LogP contribution in [0.4, 0.5) is 4.79 Å². The predicted molar refractivity (Wildman–Crippen MR) is 209 cm³/mol. The van der Waals surface area contributed by atoms with Crippen molar-refractivity contribution in [2.45, 2.75) is 90.6 Å². The van der Waals surface area contributed by atoms with Crippen molar-refractivity contribution in [2.75, 3.05) is 13.7 Å². The highest BCUT2D eigenvalue weighted by Crippen LogP contribution is 2.45. The normalized spacial score (nSPS) is 21.5. The van der Waals surface area contributed by atoms with Crippen LogP contribution >= 0.6 is 22.7 Å². The summed E-state index contributed by atoms with van der Waals surface area (Å²) in [6, 6.07) is 4.95. The van der Waals surface area contributed by atoms with Crippen molar-refractivity contribution < 1.29 is 38.5 Å². The lowest BCUT2D eigenvalue weighted by Gasteiger charge is -2.35. The van der Waals surface area contributed by atoms with Crippen LogP contribution in [0.25, 0.3) is 33.0 Å². The van der Waals surface area contributed by atoms with E-state index in [9.17, 15) is 24.3 Å². The third-order valence-electron chi connectivity index (χ3n) is 9.53. The molecular formula is C39H46N6O8S2. The number of alkyl carbamates (subject to hydrolysis) is 1. The van der Waals surface area contributed by atoms with E-state index in [4.69, 9.17) is 24.2 Å². The van der Waals surface area contributed by atoms with E-state index in [1.54, 1.807) is 78.2 Å². The molecule has 3 N–H and O–H groups in total. The molecule has 1 saturated carbocycles. The first-order valence-electron chi connectivity index (χ1n) is 17.8. The van der Waals surface area contributed by atoms with Crippen LogP contribution in [0.2, 0.25) is 0 Å². The van der Waals surface area contributed by atoms with Crippen LogP contribution < -0.4 is 20.1 Å². The zero-order chi connectivity index (χ0) is 40.0. The number of rotatable bonds is 11. The van der Waals surface area contributed by atoms with Gasteiger partial charge in [0.05, 0.1) is 29.9 Å². The van der Waals surface area contributed by atoms with Crippen molar-refractivity contribution in [1.82, 2.24) is 30.5 Å². The second-order valence-corrected chi connectivity index (χ2v) is 17.8. The number of ether oxygens (including phenoxy) is 3. The number of carbonyl (C=O) groups excluding carboxylic acids is 3. The molecule has 1 saturated heterocycles. The van der Waals surface area contributed by atoms with E-state index in [2.05, 4.69) is 22.2 Å².